The molecule has 29 heavy (non-hydrogen) atoms. The Hall–Kier alpha value is -2.77. The molecule has 0 aliphatic rings. The van der Waals surface area contributed by atoms with Gasteiger partial charge >= 0.3 is 0 Å². The maximum absolute atomic E-state index is 12.5. The van der Waals surface area contributed by atoms with Crippen molar-refractivity contribution in [2.24, 2.45) is 5.16 Å². The van der Waals surface area contributed by atoms with E-state index in [4.69, 9.17) is 30.6 Å². The first kappa shape index (κ1) is 22.5. The van der Waals surface area contributed by atoms with Crippen LogP contribution in [0, 0.1) is 0 Å². The third kappa shape index (κ3) is 6.96. The number of hydrogen-bond donors (Lipinski definition) is 1. The monoisotopic (exact) mass is 420 g/mol. The number of amides is 1. The Morgan fingerprint density at radius 3 is 2.45 bits per heavy atom. The summed E-state index contributed by atoms with van der Waals surface area (Å²) in [6, 6.07) is 12.5. The van der Waals surface area contributed by atoms with Gasteiger partial charge in [0.1, 0.15) is 13.7 Å². The molecule has 8 heteroatoms. The topological polar surface area (TPSA) is 78.4 Å². The predicted octanol–water partition coefficient (Wildman–Crippen LogP) is 3.08. The summed E-state index contributed by atoms with van der Waals surface area (Å²) in [5.74, 6) is 0.947. The van der Waals surface area contributed by atoms with Gasteiger partial charge in [0, 0.05) is 24.2 Å². The van der Waals surface area contributed by atoms with Gasteiger partial charge in [-0.2, -0.15) is 0 Å². The lowest BCUT2D eigenvalue weighted by Gasteiger charge is -2.12. The van der Waals surface area contributed by atoms with Crippen LogP contribution in [0.15, 0.2) is 47.6 Å². The zero-order valence-corrected chi connectivity index (χ0v) is 17.5. The van der Waals surface area contributed by atoms with Gasteiger partial charge in [0.05, 0.1) is 13.7 Å². The van der Waals surface area contributed by atoms with E-state index < -0.39 is 0 Å². The first-order chi connectivity index (χ1) is 14.1. The summed E-state index contributed by atoms with van der Waals surface area (Å²) < 4.78 is 16.0. The molecule has 0 fully saturated rings. The maximum atomic E-state index is 12.5. The number of carbonyl (C=O) groups excluding carboxylic acids is 1. The minimum Gasteiger partial charge on any atom is -0.493 e. The van der Waals surface area contributed by atoms with Crippen LogP contribution in [-0.4, -0.2) is 52.7 Å². The Morgan fingerprint density at radius 2 is 1.79 bits per heavy atom. The molecule has 0 spiro atoms. The zero-order valence-electron chi connectivity index (χ0n) is 16.7. The predicted molar refractivity (Wildman–Crippen MR) is 112 cm³/mol. The van der Waals surface area contributed by atoms with Crippen LogP contribution in [0.5, 0.6) is 11.5 Å². The van der Waals surface area contributed by atoms with Crippen LogP contribution in [-0.2, 0) is 20.8 Å². The minimum absolute atomic E-state index is 0.184. The van der Waals surface area contributed by atoms with Gasteiger partial charge in [0.25, 0.3) is 5.91 Å². The molecule has 0 saturated heterocycles. The van der Waals surface area contributed by atoms with Gasteiger partial charge in [0.2, 0.25) is 0 Å². The Bertz CT molecular complexity index is 824. The summed E-state index contributed by atoms with van der Waals surface area (Å²) >= 11 is 5.90. The second-order valence-corrected chi connectivity index (χ2v) is 6.40. The molecule has 0 aromatic heterocycles. The van der Waals surface area contributed by atoms with Crippen molar-refractivity contribution in [1.29, 1.82) is 0 Å². The van der Waals surface area contributed by atoms with Gasteiger partial charge < -0.3 is 24.4 Å². The number of nitrogens with one attached hydrogen (secondary N) is 1. The van der Waals surface area contributed by atoms with E-state index in [2.05, 4.69) is 10.5 Å². The number of ether oxygens (including phenoxy) is 3. The molecule has 0 saturated carbocycles. The zero-order chi connectivity index (χ0) is 21.1. The fourth-order valence-corrected chi connectivity index (χ4v) is 2.68. The van der Waals surface area contributed by atoms with E-state index in [1.54, 1.807) is 38.5 Å². The highest BCUT2D eigenvalue weighted by Gasteiger charge is 2.15. The second-order valence-electron chi connectivity index (χ2n) is 5.96. The van der Waals surface area contributed by atoms with Crippen molar-refractivity contribution in [3.63, 3.8) is 0 Å². The molecule has 2 rings (SSSR count). The number of rotatable bonds is 11. The highest BCUT2D eigenvalue weighted by Crippen LogP contribution is 2.28. The average Bonchev–Trinajstić information content (AvgIpc) is 2.73. The lowest BCUT2D eigenvalue weighted by Crippen LogP contribution is -2.33. The molecule has 1 amide bonds. The van der Waals surface area contributed by atoms with E-state index in [1.165, 1.54) is 7.11 Å². The first-order valence-electron chi connectivity index (χ1n) is 9.03. The highest BCUT2D eigenvalue weighted by molar-refractivity contribution is 6.45. The van der Waals surface area contributed by atoms with Crippen molar-refractivity contribution in [1.82, 2.24) is 5.32 Å². The van der Waals surface area contributed by atoms with Gasteiger partial charge in [-0.1, -0.05) is 35.0 Å². The van der Waals surface area contributed by atoms with Crippen molar-refractivity contribution in [3.05, 3.63) is 58.6 Å². The van der Waals surface area contributed by atoms with E-state index in [0.29, 0.717) is 48.3 Å². The van der Waals surface area contributed by atoms with E-state index in [9.17, 15) is 4.79 Å². The molecule has 2 aromatic rings. The van der Waals surface area contributed by atoms with E-state index in [-0.39, 0.29) is 11.6 Å². The lowest BCUT2D eigenvalue weighted by molar-refractivity contribution is -0.114. The third-order valence-corrected chi connectivity index (χ3v) is 4.24. The molecule has 1 N–H and O–H groups in total. The van der Waals surface area contributed by atoms with E-state index in [1.807, 2.05) is 18.2 Å². The molecular formula is C21H25ClN2O5. The fraction of sp³-hybridized carbons (Fsp3) is 0.333. The highest BCUT2D eigenvalue weighted by atomic mass is 35.5. The molecule has 0 aliphatic heterocycles. The Balaban J connectivity index is 1.96. The Labute approximate surface area is 175 Å². The van der Waals surface area contributed by atoms with E-state index in [0.717, 1.165) is 5.56 Å². The number of methoxy groups -OCH3 is 2. The van der Waals surface area contributed by atoms with Gasteiger partial charge in [0.15, 0.2) is 17.2 Å². The van der Waals surface area contributed by atoms with Gasteiger partial charge in [-0.15, -0.1) is 0 Å². The summed E-state index contributed by atoms with van der Waals surface area (Å²) in [5.41, 5.74) is 1.80. The normalized spacial score (nSPS) is 11.1. The summed E-state index contributed by atoms with van der Waals surface area (Å²) in [4.78, 5) is 17.3. The average molecular weight is 421 g/mol. The molecular weight excluding hydrogens is 396 g/mol. The molecule has 0 bridgehead atoms. The van der Waals surface area contributed by atoms with Crippen LogP contribution >= 0.6 is 11.6 Å². The van der Waals surface area contributed by atoms with Gasteiger partial charge in [-0.25, -0.2) is 0 Å². The molecule has 0 heterocycles. The minimum atomic E-state index is -0.333. The summed E-state index contributed by atoms with van der Waals surface area (Å²) in [6.07, 6.45) is 0.612. The number of halogens is 1. The second kappa shape index (κ2) is 11.9. The molecule has 156 valence electrons. The van der Waals surface area contributed by atoms with Crippen molar-refractivity contribution >= 4 is 23.2 Å². The molecule has 2 aromatic carbocycles. The number of oxime groups is 1. The van der Waals surface area contributed by atoms with Crippen molar-refractivity contribution in [2.45, 2.75) is 6.42 Å². The van der Waals surface area contributed by atoms with Gasteiger partial charge in [-0.3, -0.25) is 4.79 Å². The largest absolute Gasteiger partial charge is 0.493 e. The van der Waals surface area contributed by atoms with Crippen LogP contribution in [0.25, 0.3) is 0 Å². The third-order valence-electron chi connectivity index (χ3n) is 3.99. The van der Waals surface area contributed by atoms with Crippen molar-refractivity contribution < 1.29 is 23.8 Å². The van der Waals surface area contributed by atoms with Crippen LogP contribution in [0.2, 0.25) is 5.02 Å². The van der Waals surface area contributed by atoms with Gasteiger partial charge in [-0.05, 0) is 36.2 Å². The van der Waals surface area contributed by atoms with Crippen LogP contribution in [0.4, 0.5) is 0 Å². The standard InChI is InChI=1S/C21H25ClN2O5/c1-26-12-13-29-18-9-4-15(14-19(18)27-2)10-11-23-21(25)20(24-28-3)16-5-7-17(22)8-6-16/h4-9,14H,10-13H2,1-3H3,(H,23,25)/b24-20-. The smallest absolute Gasteiger partial charge is 0.273 e. The number of nitrogens with zero attached hydrogens (tertiary/aromatic N) is 1. The van der Waals surface area contributed by atoms with Crippen LogP contribution in [0.1, 0.15) is 11.1 Å². The molecule has 0 unspecified atom stereocenters. The van der Waals surface area contributed by atoms with Crippen LogP contribution < -0.4 is 14.8 Å². The Morgan fingerprint density at radius 1 is 1.03 bits per heavy atom. The summed E-state index contributed by atoms with van der Waals surface area (Å²) in [6.45, 7) is 1.35. The number of hydrogen-bond acceptors (Lipinski definition) is 6. The Kier molecular flexibility index (Phi) is 9.27. The molecule has 0 atom stereocenters. The van der Waals surface area contributed by atoms with E-state index >= 15 is 0 Å². The number of benzene rings is 2. The molecule has 7 nitrogen and oxygen atoms in total. The molecule has 0 radical (unpaired) electrons. The summed E-state index contributed by atoms with van der Waals surface area (Å²) in [5, 5.41) is 7.27. The first-order valence-corrected chi connectivity index (χ1v) is 9.40. The van der Waals surface area contributed by atoms with Crippen molar-refractivity contribution in [3.8, 4) is 11.5 Å². The van der Waals surface area contributed by atoms with Crippen molar-refractivity contribution in [2.75, 3.05) is 41.1 Å². The van der Waals surface area contributed by atoms with Crippen LogP contribution in [0.3, 0.4) is 0 Å². The quantitative estimate of drug-likeness (QED) is 0.343. The SMILES string of the molecule is COCCOc1ccc(CCNC(=O)/C(=N\OC)c2ccc(Cl)cc2)cc1OC. The maximum Gasteiger partial charge on any atom is 0.273 e. The summed E-state index contributed by atoms with van der Waals surface area (Å²) in [7, 11) is 4.60. The lowest BCUT2D eigenvalue weighted by atomic mass is 10.1. The molecule has 0 aliphatic carbocycles. The number of carbonyl (C=O) groups is 1. The fourth-order valence-electron chi connectivity index (χ4n) is 2.55.